The molecule has 0 saturated heterocycles. The van der Waals surface area contributed by atoms with Gasteiger partial charge in [0.1, 0.15) is 5.82 Å². The molecule has 3 amide bonds. The van der Waals surface area contributed by atoms with Crippen molar-refractivity contribution in [3.05, 3.63) is 78.1 Å². The van der Waals surface area contributed by atoms with Crippen LogP contribution >= 0.6 is 0 Å². The minimum atomic E-state index is -0.329. The standard InChI is InChI=1S/C22H26FN3O2/c1-4-12-24-22(28)26(15-17-8-10-19(23)11-9-17)20-7-5-6-18(13-20)14-21(27)25-16(2)3/h4-11,13,16H,1,12,14-15H2,2-3H3,(H,24,28)(H,25,27). The van der Waals surface area contributed by atoms with E-state index in [-0.39, 0.29) is 36.8 Å². The molecule has 0 aliphatic carbocycles. The molecule has 2 rings (SSSR count). The minimum absolute atomic E-state index is 0.0651. The van der Waals surface area contributed by atoms with Gasteiger partial charge in [0.2, 0.25) is 5.91 Å². The van der Waals surface area contributed by atoms with Gasteiger partial charge >= 0.3 is 6.03 Å². The Labute approximate surface area is 165 Å². The maximum Gasteiger partial charge on any atom is 0.322 e. The van der Waals surface area contributed by atoms with E-state index in [0.29, 0.717) is 12.2 Å². The van der Waals surface area contributed by atoms with E-state index in [1.165, 1.54) is 12.1 Å². The lowest BCUT2D eigenvalue weighted by atomic mass is 10.1. The zero-order valence-electron chi connectivity index (χ0n) is 16.2. The molecule has 0 aliphatic rings. The molecule has 0 bridgehead atoms. The predicted molar refractivity (Wildman–Crippen MR) is 110 cm³/mol. The third kappa shape index (κ3) is 6.54. The zero-order valence-corrected chi connectivity index (χ0v) is 16.2. The van der Waals surface area contributed by atoms with E-state index in [1.807, 2.05) is 32.0 Å². The predicted octanol–water partition coefficient (Wildman–Crippen LogP) is 3.80. The molecule has 2 aromatic carbocycles. The van der Waals surface area contributed by atoms with Gasteiger partial charge in [-0.1, -0.05) is 30.3 Å². The van der Waals surface area contributed by atoms with Crippen LogP contribution in [0.2, 0.25) is 0 Å². The number of urea groups is 1. The molecule has 0 radical (unpaired) electrons. The van der Waals surface area contributed by atoms with Gasteiger partial charge in [0, 0.05) is 18.3 Å². The largest absolute Gasteiger partial charge is 0.354 e. The monoisotopic (exact) mass is 383 g/mol. The maximum absolute atomic E-state index is 13.2. The summed E-state index contributed by atoms with van der Waals surface area (Å²) >= 11 is 0. The second kappa shape index (κ2) is 10.3. The summed E-state index contributed by atoms with van der Waals surface area (Å²) in [6.07, 6.45) is 1.82. The lowest BCUT2D eigenvalue weighted by Crippen LogP contribution is -2.39. The molecular weight excluding hydrogens is 357 g/mol. The molecule has 0 heterocycles. The van der Waals surface area contributed by atoms with Crippen LogP contribution in [0.25, 0.3) is 0 Å². The maximum atomic E-state index is 13.2. The summed E-state index contributed by atoms with van der Waals surface area (Å²) in [5, 5.41) is 5.62. The molecule has 2 aromatic rings. The van der Waals surface area contributed by atoms with Crippen LogP contribution in [0.15, 0.2) is 61.2 Å². The molecule has 5 nitrogen and oxygen atoms in total. The van der Waals surface area contributed by atoms with Gasteiger partial charge in [-0.25, -0.2) is 9.18 Å². The Morgan fingerprint density at radius 3 is 2.50 bits per heavy atom. The summed E-state index contributed by atoms with van der Waals surface area (Å²) in [4.78, 5) is 26.3. The average Bonchev–Trinajstić information content (AvgIpc) is 2.65. The Hall–Kier alpha value is -3.15. The van der Waals surface area contributed by atoms with E-state index in [4.69, 9.17) is 0 Å². The third-order valence-corrected chi connectivity index (χ3v) is 3.93. The summed E-state index contributed by atoms with van der Waals surface area (Å²) < 4.78 is 13.2. The fourth-order valence-corrected chi connectivity index (χ4v) is 2.70. The fourth-order valence-electron chi connectivity index (χ4n) is 2.70. The number of amides is 3. The van der Waals surface area contributed by atoms with Gasteiger partial charge < -0.3 is 10.6 Å². The van der Waals surface area contributed by atoms with Crippen LogP contribution in [-0.2, 0) is 17.8 Å². The Morgan fingerprint density at radius 2 is 1.86 bits per heavy atom. The molecule has 0 fully saturated rings. The lowest BCUT2D eigenvalue weighted by Gasteiger charge is -2.24. The highest BCUT2D eigenvalue weighted by atomic mass is 19.1. The smallest absolute Gasteiger partial charge is 0.322 e. The number of hydrogen-bond donors (Lipinski definition) is 2. The first-order valence-electron chi connectivity index (χ1n) is 9.18. The number of carbonyl (C=O) groups excluding carboxylic acids is 2. The molecule has 0 aromatic heterocycles. The number of benzene rings is 2. The summed E-state index contributed by atoms with van der Waals surface area (Å²) in [6.45, 7) is 8.02. The van der Waals surface area contributed by atoms with Crippen molar-refractivity contribution in [2.75, 3.05) is 11.4 Å². The van der Waals surface area contributed by atoms with Crippen molar-refractivity contribution in [1.82, 2.24) is 10.6 Å². The Morgan fingerprint density at radius 1 is 1.14 bits per heavy atom. The van der Waals surface area contributed by atoms with Crippen molar-refractivity contribution in [2.24, 2.45) is 0 Å². The van der Waals surface area contributed by atoms with E-state index in [0.717, 1.165) is 11.1 Å². The van der Waals surface area contributed by atoms with Crippen LogP contribution in [0.3, 0.4) is 0 Å². The molecule has 148 valence electrons. The number of nitrogens with one attached hydrogen (secondary N) is 2. The Bertz CT molecular complexity index is 819. The number of carbonyl (C=O) groups is 2. The highest BCUT2D eigenvalue weighted by Crippen LogP contribution is 2.20. The van der Waals surface area contributed by atoms with Crippen LogP contribution in [0.5, 0.6) is 0 Å². The van der Waals surface area contributed by atoms with E-state index in [9.17, 15) is 14.0 Å². The summed E-state index contributed by atoms with van der Waals surface area (Å²) in [7, 11) is 0. The SMILES string of the molecule is C=CCNC(=O)N(Cc1ccc(F)cc1)c1cccc(CC(=O)NC(C)C)c1. The topological polar surface area (TPSA) is 61.4 Å². The molecule has 28 heavy (non-hydrogen) atoms. The zero-order chi connectivity index (χ0) is 20.5. The number of anilines is 1. The van der Waals surface area contributed by atoms with E-state index in [1.54, 1.807) is 29.2 Å². The first kappa shape index (κ1) is 21.2. The van der Waals surface area contributed by atoms with Gasteiger partial charge in [0.05, 0.1) is 13.0 Å². The van der Waals surface area contributed by atoms with Gasteiger partial charge in [-0.3, -0.25) is 9.69 Å². The van der Waals surface area contributed by atoms with Gasteiger partial charge in [-0.2, -0.15) is 0 Å². The molecule has 0 unspecified atom stereocenters. The van der Waals surface area contributed by atoms with Gasteiger partial charge in [0.15, 0.2) is 0 Å². The number of nitrogens with zero attached hydrogens (tertiary/aromatic N) is 1. The lowest BCUT2D eigenvalue weighted by molar-refractivity contribution is -0.120. The Balaban J connectivity index is 2.24. The van der Waals surface area contributed by atoms with Crippen molar-refractivity contribution in [2.45, 2.75) is 32.9 Å². The second-order valence-corrected chi connectivity index (χ2v) is 6.76. The van der Waals surface area contributed by atoms with Crippen LogP contribution in [0, 0.1) is 5.82 Å². The summed E-state index contributed by atoms with van der Waals surface area (Å²) in [6, 6.07) is 13.1. The number of rotatable bonds is 8. The van der Waals surface area contributed by atoms with Crippen LogP contribution in [0.1, 0.15) is 25.0 Å². The summed E-state index contributed by atoms with van der Waals surface area (Å²) in [5.74, 6) is -0.405. The highest BCUT2D eigenvalue weighted by Gasteiger charge is 2.17. The molecular formula is C22H26FN3O2. The molecule has 0 aliphatic heterocycles. The molecule has 0 saturated carbocycles. The molecule has 6 heteroatoms. The van der Waals surface area contributed by atoms with Gasteiger partial charge in [-0.05, 0) is 49.2 Å². The van der Waals surface area contributed by atoms with Gasteiger partial charge in [0.25, 0.3) is 0 Å². The van der Waals surface area contributed by atoms with Crippen molar-refractivity contribution >= 4 is 17.6 Å². The fraction of sp³-hybridized carbons (Fsp3) is 0.273. The number of hydrogen-bond acceptors (Lipinski definition) is 2. The first-order chi connectivity index (χ1) is 13.4. The second-order valence-electron chi connectivity index (χ2n) is 6.76. The van der Waals surface area contributed by atoms with E-state index >= 15 is 0 Å². The van der Waals surface area contributed by atoms with Crippen molar-refractivity contribution in [1.29, 1.82) is 0 Å². The van der Waals surface area contributed by atoms with Gasteiger partial charge in [-0.15, -0.1) is 6.58 Å². The van der Waals surface area contributed by atoms with Crippen molar-refractivity contribution in [3.63, 3.8) is 0 Å². The van der Waals surface area contributed by atoms with Crippen molar-refractivity contribution < 1.29 is 14.0 Å². The van der Waals surface area contributed by atoms with E-state index < -0.39 is 0 Å². The van der Waals surface area contributed by atoms with E-state index in [2.05, 4.69) is 17.2 Å². The Kier molecular flexibility index (Phi) is 7.75. The molecule has 0 spiro atoms. The van der Waals surface area contributed by atoms with Crippen LogP contribution in [-0.4, -0.2) is 24.5 Å². The minimum Gasteiger partial charge on any atom is -0.354 e. The highest BCUT2D eigenvalue weighted by molar-refractivity contribution is 5.92. The quantitative estimate of drug-likeness (QED) is 0.681. The number of halogens is 1. The average molecular weight is 383 g/mol. The van der Waals surface area contributed by atoms with Crippen molar-refractivity contribution in [3.8, 4) is 0 Å². The van der Waals surface area contributed by atoms with Crippen LogP contribution in [0.4, 0.5) is 14.9 Å². The molecule has 2 N–H and O–H groups in total. The molecule has 0 atom stereocenters. The van der Waals surface area contributed by atoms with Crippen LogP contribution < -0.4 is 15.5 Å². The summed E-state index contributed by atoms with van der Waals surface area (Å²) in [5.41, 5.74) is 2.25. The first-order valence-corrected chi connectivity index (χ1v) is 9.18. The normalized spacial score (nSPS) is 10.4. The third-order valence-electron chi connectivity index (χ3n) is 3.93.